The van der Waals surface area contributed by atoms with E-state index < -0.39 is 0 Å². The van der Waals surface area contributed by atoms with Crippen molar-refractivity contribution < 1.29 is 4.39 Å². The Morgan fingerprint density at radius 2 is 1.78 bits per heavy atom. The van der Waals surface area contributed by atoms with E-state index in [-0.39, 0.29) is 11.9 Å². The molecule has 2 rings (SSSR count). The van der Waals surface area contributed by atoms with E-state index in [0.717, 1.165) is 9.35 Å². The molecule has 1 N–H and O–H groups in total. The lowest BCUT2D eigenvalue weighted by atomic mass is 9.97. The number of rotatable bonds is 3. The van der Waals surface area contributed by atoms with Gasteiger partial charge in [-0.3, -0.25) is 0 Å². The van der Waals surface area contributed by atoms with Gasteiger partial charge in [-0.05, 0) is 70.5 Å². The molecule has 96 valence electrons. The van der Waals surface area contributed by atoms with Crippen LogP contribution in [0.4, 0.5) is 4.39 Å². The van der Waals surface area contributed by atoms with E-state index in [2.05, 4.69) is 32.7 Å². The smallest absolute Gasteiger partial charge is 0.129 e. The average Bonchev–Trinajstić information content (AvgIpc) is 2.73. The highest BCUT2D eigenvalue weighted by Crippen LogP contribution is 2.30. The molecule has 1 heterocycles. The molecular formula is C14H15BrFNS. The van der Waals surface area contributed by atoms with Crippen LogP contribution in [0.2, 0.25) is 0 Å². The molecule has 1 nitrogen and oxygen atoms in total. The average molecular weight is 328 g/mol. The summed E-state index contributed by atoms with van der Waals surface area (Å²) < 4.78 is 14.8. The lowest BCUT2D eigenvalue weighted by molar-refractivity contribution is 0.604. The lowest BCUT2D eigenvalue weighted by Crippen LogP contribution is -2.17. The maximum atomic E-state index is 13.7. The van der Waals surface area contributed by atoms with Crippen LogP contribution < -0.4 is 5.32 Å². The summed E-state index contributed by atoms with van der Waals surface area (Å²) in [5, 5.41) is 5.40. The Morgan fingerprint density at radius 1 is 1.17 bits per heavy atom. The molecule has 18 heavy (non-hydrogen) atoms. The molecule has 0 bridgehead atoms. The zero-order chi connectivity index (χ0) is 13.3. The normalized spacial score (nSPS) is 12.7. The van der Waals surface area contributed by atoms with Gasteiger partial charge in [-0.1, -0.05) is 12.1 Å². The molecule has 1 atom stereocenters. The maximum absolute atomic E-state index is 13.7. The van der Waals surface area contributed by atoms with Crippen LogP contribution in [-0.2, 0) is 0 Å². The Balaban J connectivity index is 2.45. The van der Waals surface area contributed by atoms with E-state index in [4.69, 9.17) is 0 Å². The molecule has 0 saturated carbocycles. The zero-order valence-corrected chi connectivity index (χ0v) is 13.0. The van der Waals surface area contributed by atoms with Crippen LogP contribution in [0.3, 0.4) is 0 Å². The monoisotopic (exact) mass is 327 g/mol. The van der Waals surface area contributed by atoms with Gasteiger partial charge in [0.2, 0.25) is 0 Å². The number of benzene rings is 1. The second kappa shape index (κ2) is 5.51. The maximum Gasteiger partial charge on any atom is 0.129 e. The van der Waals surface area contributed by atoms with Gasteiger partial charge in [0.15, 0.2) is 0 Å². The summed E-state index contributed by atoms with van der Waals surface area (Å²) >= 11 is 5.13. The van der Waals surface area contributed by atoms with E-state index >= 15 is 0 Å². The van der Waals surface area contributed by atoms with Crippen LogP contribution in [0.25, 0.3) is 0 Å². The molecule has 0 saturated heterocycles. The predicted molar refractivity (Wildman–Crippen MR) is 78.8 cm³/mol. The van der Waals surface area contributed by atoms with Gasteiger partial charge in [0, 0.05) is 0 Å². The van der Waals surface area contributed by atoms with Crippen molar-refractivity contribution >= 4 is 27.3 Å². The fraction of sp³-hybridized carbons (Fsp3) is 0.286. The molecule has 0 aliphatic carbocycles. The van der Waals surface area contributed by atoms with Crippen molar-refractivity contribution in [1.29, 1.82) is 0 Å². The Bertz CT molecular complexity index is 542. The molecule has 0 radical (unpaired) electrons. The van der Waals surface area contributed by atoms with Crippen molar-refractivity contribution in [3.63, 3.8) is 0 Å². The van der Waals surface area contributed by atoms with E-state index in [9.17, 15) is 4.39 Å². The first-order valence-corrected chi connectivity index (χ1v) is 7.38. The summed E-state index contributed by atoms with van der Waals surface area (Å²) in [6.45, 7) is 3.62. The third-order valence-electron chi connectivity index (χ3n) is 3.00. The van der Waals surface area contributed by atoms with E-state index in [1.54, 1.807) is 11.3 Å². The van der Waals surface area contributed by atoms with Crippen LogP contribution in [0.1, 0.15) is 28.3 Å². The van der Waals surface area contributed by atoms with Gasteiger partial charge in [0.25, 0.3) is 0 Å². The van der Waals surface area contributed by atoms with Gasteiger partial charge in [0.05, 0.1) is 9.83 Å². The summed E-state index contributed by atoms with van der Waals surface area (Å²) in [5.74, 6) is -0.111. The Labute approximate surface area is 119 Å². The molecule has 0 amide bonds. The first-order chi connectivity index (χ1) is 8.52. The second-order valence-corrected chi connectivity index (χ2v) is 6.66. The number of nitrogens with one attached hydrogen (secondary N) is 1. The van der Waals surface area contributed by atoms with Gasteiger partial charge in [-0.2, -0.15) is 0 Å². The number of hydrogen-bond donors (Lipinski definition) is 1. The molecule has 4 heteroatoms. The minimum absolute atomic E-state index is 0.102. The predicted octanol–water partition coefficient (Wildman–Crippen LogP) is 4.58. The molecule has 0 aliphatic rings. The number of hydrogen-bond acceptors (Lipinski definition) is 2. The molecule has 0 spiro atoms. The van der Waals surface area contributed by atoms with Crippen LogP contribution >= 0.6 is 27.3 Å². The van der Waals surface area contributed by atoms with Crippen LogP contribution in [0.5, 0.6) is 0 Å². The highest BCUT2D eigenvalue weighted by atomic mass is 79.9. The van der Waals surface area contributed by atoms with E-state index in [1.807, 2.05) is 33.0 Å². The number of thiophene rings is 1. The van der Waals surface area contributed by atoms with Gasteiger partial charge in [0.1, 0.15) is 5.82 Å². The molecule has 1 aromatic heterocycles. The summed E-state index contributed by atoms with van der Waals surface area (Å²) in [4.78, 5) is 0. The standard InChI is InChI=1S/C14H15BrFNS/c1-8-4-10(5-9(2)13(8)16)14(17-3)11-6-12(15)18-7-11/h4-7,14,17H,1-3H3. The Morgan fingerprint density at radius 3 is 2.22 bits per heavy atom. The minimum Gasteiger partial charge on any atom is -0.309 e. The molecule has 1 unspecified atom stereocenters. The Hall–Kier alpha value is -0.710. The fourth-order valence-corrected chi connectivity index (χ4v) is 3.35. The minimum atomic E-state index is -0.111. The number of halogens is 2. The summed E-state index contributed by atoms with van der Waals surface area (Å²) in [6.07, 6.45) is 0. The van der Waals surface area contributed by atoms with Gasteiger partial charge in [-0.25, -0.2) is 4.39 Å². The SMILES string of the molecule is CNC(c1csc(Br)c1)c1cc(C)c(F)c(C)c1. The van der Waals surface area contributed by atoms with Crippen molar-refractivity contribution in [1.82, 2.24) is 5.32 Å². The molecular weight excluding hydrogens is 313 g/mol. The summed E-state index contributed by atoms with van der Waals surface area (Å²) in [5.41, 5.74) is 3.68. The topological polar surface area (TPSA) is 12.0 Å². The van der Waals surface area contributed by atoms with Crippen molar-refractivity contribution in [2.24, 2.45) is 0 Å². The number of aryl methyl sites for hydroxylation is 2. The second-order valence-electron chi connectivity index (χ2n) is 4.37. The highest BCUT2D eigenvalue weighted by Gasteiger charge is 2.15. The van der Waals surface area contributed by atoms with Gasteiger partial charge >= 0.3 is 0 Å². The van der Waals surface area contributed by atoms with Crippen LogP contribution in [0.15, 0.2) is 27.4 Å². The summed E-state index contributed by atoms with van der Waals surface area (Å²) in [6, 6.07) is 6.02. The first-order valence-electron chi connectivity index (χ1n) is 5.70. The van der Waals surface area contributed by atoms with Crippen molar-refractivity contribution in [2.45, 2.75) is 19.9 Å². The van der Waals surface area contributed by atoms with Gasteiger partial charge < -0.3 is 5.32 Å². The first kappa shape index (κ1) is 13.7. The van der Waals surface area contributed by atoms with Crippen LogP contribution in [0, 0.1) is 19.7 Å². The van der Waals surface area contributed by atoms with E-state index in [0.29, 0.717) is 11.1 Å². The quantitative estimate of drug-likeness (QED) is 0.870. The Kier molecular flexibility index (Phi) is 4.20. The van der Waals surface area contributed by atoms with Crippen LogP contribution in [-0.4, -0.2) is 7.05 Å². The highest BCUT2D eigenvalue weighted by molar-refractivity contribution is 9.11. The van der Waals surface area contributed by atoms with Crippen molar-refractivity contribution in [3.8, 4) is 0 Å². The van der Waals surface area contributed by atoms with Crippen molar-refractivity contribution in [3.05, 3.63) is 55.4 Å². The summed E-state index contributed by atoms with van der Waals surface area (Å²) in [7, 11) is 1.92. The lowest BCUT2D eigenvalue weighted by Gasteiger charge is -2.17. The largest absolute Gasteiger partial charge is 0.309 e. The van der Waals surface area contributed by atoms with E-state index in [1.165, 1.54) is 5.56 Å². The molecule has 0 aliphatic heterocycles. The fourth-order valence-electron chi connectivity index (χ4n) is 2.15. The molecule has 0 fully saturated rings. The third-order valence-corrected chi connectivity index (χ3v) is 4.52. The molecule has 2 aromatic rings. The molecule has 1 aromatic carbocycles. The van der Waals surface area contributed by atoms with Gasteiger partial charge in [-0.15, -0.1) is 11.3 Å². The zero-order valence-electron chi connectivity index (χ0n) is 10.6. The van der Waals surface area contributed by atoms with Crippen molar-refractivity contribution in [2.75, 3.05) is 7.05 Å². The third kappa shape index (κ3) is 2.66.